The topological polar surface area (TPSA) is 91.3 Å². The van der Waals surface area contributed by atoms with Gasteiger partial charge in [-0.3, -0.25) is 14.5 Å². The number of hydrogen-bond acceptors (Lipinski definition) is 7. The highest BCUT2D eigenvalue weighted by molar-refractivity contribution is 6.33. The molecule has 3 aliphatic heterocycles. The van der Waals surface area contributed by atoms with E-state index in [-0.39, 0.29) is 12.6 Å². The molecule has 0 bridgehead atoms. The van der Waals surface area contributed by atoms with Crippen LogP contribution in [-0.2, 0) is 14.9 Å². The van der Waals surface area contributed by atoms with Crippen LogP contribution in [0.4, 0.5) is 5.69 Å². The van der Waals surface area contributed by atoms with Crippen LogP contribution >= 0.6 is 11.6 Å². The Labute approximate surface area is 239 Å². The maximum atomic E-state index is 13.4. The second-order valence-electron chi connectivity index (χ2n) is 11.6. The lowest BCUT2D eigenvalue weighted by molar-refractivity contribution is -0.216. The Morgan fingerprint density at radius 1 is 1.20 bits per heavy atom. The first-order valence-corrected chi connectivity index (χ1v) is 14.3. The van der Waals surface area contributed by atoms with E-state index in [1.165, 1.54) is 6.92 Å². The number of anilines is 1. The van der Waals surface area contributed by atoms with Crippen molar-refractivity contribution in [1.29, 1.82) is 0 Å². The monoisotopic (exact) mass is 565 g/mol. The Hall–Kier alpha value is -3.07. The van der Waals surface area contributed by atoms with Gasteiger partial charge in [-0.1, -0.05) is 48.9 Å². The summed E-state index contributed by atoms with van der Waals surface area (Å²) in [5.41, 5.74) is -0.347. The van der Waals surface area contributed by atoms with Crippen LogP contribution in [0.1, 0.15) is 42.6 Å². The van der Waals surface area contributed by atoms with Gasteiger partial charge in [-0.25, -0.2) is 0 Å². The highest BCUT2D eigenvalue weighted by atomic mass is 35.5. The summed E-state index contributed by atoms with van der Waals surface area (Å²) in [5.74, 6) is -0.133. The largest absolute Gasteiger partial charge is 0.497 e. The van der Waals surface area contributed by atoms with E-state index in [0.29, 0.717) is 17.0 Å². The first-order valence-electron chi connectivity index (χ1n) is 13.9. The molecule has 40 heavy (non-hydrogen) atoms. The van der Waals surface area contributed by atoms with E-state index in [1.54, 1.807) is 31.4 Å². The molecule has 2 aromatic carbocycles. The Morgan fingerprint density at radius 3 is 2.67 bits per heavy atom. The van der Waals surface area contributed by atoms with Gasteiger partial charge in [0, 0.05) is 49.1 Å². The van der Waals surface area contributed by atoms with E-state index in [9.17, 15) is 14.7 Å². The minimum atomic E-state index is -1.65. The van der Waals surface area contributed by atoms with E-state index < -0.39 is 40.5 Å². The van der Waals surface area contributed by atoms with Crippen LogP contribution in [0, 0.1) is 5.41 Å². The highest BCUT2D eigenvalue weighted by Crippen LogP contribution is 2.67. The molecule has 1 saturated heterocycles. The van der Waals surface area contributed by atoms with Crippen LogP contribution in [-0.4, -0.2) is 79.5 Å². The molecule has 3 heterocycles. The molecule has 1 amide bonds. The van der Waals surface area contributed by atoms with Gasteiger partial charge in [0.05, 0.1) is 30.3 Å². The zero-order chi connectivity index (χ0) is 28.4. The van der Waals surface area contributed by atoms with Gasteiger partial charge in [0.2, 0.25) is 0 Å². The number of esters is 1. The number of rotatable bonds is 6. The van der Waals surface area contributed by atoms with Gasteiger partial charge in [0.15, 0.2) is 0 Å². The molecule has 0 radical (unpaired) electrons. The smallest absolute Gasteiger partial charge is 0.303 e. The number of likely N-dealkylation sites (N-methyl/N-ethyl adjacent to an activating group) is 1. The maximum absolute atomic E-state index is 13.4. The SMILES string of the molecule is CC[C@]12C=CCN3CC[C@@]4(c5ccc(OC)cc5N(C)[C@H]4[C@@](O)(CNC(=O)c4ccccc4Cl)[C@@H]1OC(C)=O)[C@@H]32. The summed E-state index contributed by atoms with van der Waals surface area (Å²) < 4.78 is 11.7. The van der Waals surface area contributed by atoms with Crippen molar-refractivity contribution in [2.45, 2.75) is 55.9 Å². The molecule has 6 rings (SSSR count). The van der Waals surface area contributed by atoms with Crippen molar-refractivity contribution < 1.29 is 24.2 Å². The highest BCUT2D eigenvalue weighted by Gasteiger charge is 2.77. The number of aliphatic hydroxyl groups is 1. The van der Waals surface area contributed by atoms with Crippen LogP contribution in [0.25, 0.3) is 0 Å². The number of nitrogens with zero attached hydrogens (tertiary/aromatic N) is 2. The van der Waals surface area contributed by atoms with Crippen molar-refractivity contribution in [3.63, 3.8) is 0 Å². The van der Waals surface area contributed by atoms with Gasteiger partial charge < -0.3 is 24.8 Å². The number of fused-ring (bicyclic) bond motifs is 1. The lowest BCUT2D eigenvalue weighted by Crippen LogP contribution is -2.81. The lowest BCUT2D eigenvalue weighted by Gasteiger charge is -2.64. The molecular weight excluding hydrogens is 530 g/mol. The predicted octanol–water partition coefficient (Wildman–Crippen LogP) is 3.55. The number of carbonyl (C=O) groups excluding carboxylic acids is 2. The van der Waals surface area contributed by atoms with Crippen molar-refractivity contribution in [3.8, 4) is 5.75 Å². The average molecular weight is 566 g/mol. The summed E-state index contributed by atoms with van der Waals surface area (Å²) in [6.45, 7) is 4.99. The molecule has 1 aliphatic carbocycles. The fourth-order valence-electron chi connectivity index (χ4n) is 8.61. The summed E-state index contributed by atoms with van der Waals surface area (Å²) in [4.78, 5) is 30.6. The van der Waals surface area contributed by atoms with Gasteiger partial charge in [0.1, 0.15) is 17.5 Å². The Morgan fingerprint density at radius 2 is 1.98 bits per heavy atom. The molecule has 2 aromatic rings. The van der Waals surface area contributed by atoms with E-state index in [0.717, 1.165) is 36.5 Å². The van der Waals surface area contributed by atoms with Gasteiger partial charge in [-0.2, -0.15) is 0 Å². The Kier molecular flexibility index (Phi) is 6.44. The van der Waals surface area contributed by atoms with Gasteiger partial charge in [0.25, 0.3) is 5.91 Å². The number of methoxy groups -OCH3 is 1. The van der Waals surface area contributed by atoms with E-state index in [2.05, 4.69) is 40.3 Å². The van der Waals surface area contributed by atoms with Crippen molar-refractivity contribution >= 4 is 29.2 Å². The number of carbonyl (C=O) groups is 2. The molecule has 212 valence electrons. The zero-order valence-corrected chi connectivity index (χ0v) is 24.1. The predicted molar refractivity (Wildman–Crippen MR) is 153 cm³/mol. The second-order valence-corrected chi connectivity index (χ2v) is 12.0. The quantitative estimate of drug-likeness (QED) is 0.409. The normalized spacial score (nSPS) is 33.6. The zero-order valence-electron chi connectivity index (χ0n) is 23.3. The van der Waals surface area contributed by atoms with Crippen molar-refractivity contribution in [3.05, 3.63) is 70.8 Å². The first-order chi connectivity index (χ1) is 19.1. The Bertz CT molecular complexity index is 1400. The maximum Gasteiger partial charge on any atom is 0.303 e. The molecular formula is C31H36ClN3O5. The number of benzene rings is 2. The number of amides is 1. The first kappa shape index (κ1) is 27.1. The standard InChI is InChI=1S/C31H36ClN3O5/c1-5-29-13-8-15-35-16-14-30(26(29)35)22-12-11-20(39-4)17-24(22)34(3)27(30)31(38,28(29)40-19(2)36)18-33-25(37)21-9-6-7-10-23(21)32/h6-13,17,26-28,38H,5,14-16,18H2,1-4H3,(H,33,37)/t26-,27+,28+,29+,30+,31-/m0/s1. The minimum absolute atomic E-state index is 0.0130. The van der Waals surface area contributed by atoms with Crippen LogP contribution in [0.2, 0.25) is 5.02 Å². The minimum Gasteiger partial charge on any atom is -0.497 e. The summed E-state index contributed by atoms with van der Waals surface area (Å²) >= 11 is 6.33. The second kappa shape index (κ2) is 9.50. The van der Waals surface area contributed by atoms with Crippen molar-refractivity contribution in [1.82, 2.24) is 10.2 Å². The summed E-state index contributed by atoms with van der Waals surface area (Å²) in [6, 6.07) is 12.4. The Balaban J connectivity index is 1.55. The van der Waals surface area contributed by atoms with Gasteiger partial charge in [-0.05, 0) is 43.1 Å². The molecule has 2 fully saturated rings. The summed E-state index contributed by atoms with van der Waals surface area (Å²) in [7, 11) is 3.62. The van der Waals surface area contributed by atoms with Crippen LogP contribution in [0.5, 0.6) is 5.75 Å². The third-order valence-electron chi connectivity index (χ3n) is 9.87. The van der Waals surface area contributed by atoms with Gasteiger partial charge in [-0.15, -0.1) is 0 Å². The number of nitrogens with one attached hydrogen (secondary N) is 1. The van der Waals surface area contributed by atoms with Crippen LogP contribution < -0.4 is 15.0 Å². The molecule has 9 heteroatoms. The summed E-state index contributed by atoms with van der Waals surface area (Å²) in [6.07, 6.45) is 4.85. The number of ether oxygens (including phenoxy) is 2. The molecule has 2 N–H and O–H groups in total. The number of halogens is 1. The van der Waals surface area contributed by atoms with Crippen molar-refractivity contribution in [2.75, 3.05) is 38.7 Å². The average Bonchev–Trinajstić information content (AvgIpc) is 3.46. The number of hydrogen-bond donors (Lipinski definition) is 2. The summed E-state index contributed by atoms with van der Waals surface area (Å²) in [5, 5.41) is 16.4. The van der Waals surface area contributed by atoms with Crippen molar-refractivity contribution in [2.24, 2.45) is 5.41 Å². The molecule has 8 nitrogen and oxygen atoms in total. The molecule has 1 saturated carbocycles. The fourth-order valence-corrected chi connectivity index (χ4v) is 8.83. The third kappa shape index (κ3) is 3.52. The molecule has 0 unspecified atom stereocenters. The molecule has 0 aromatic heterocycles. The molecule has 1 spiro atoms. The lowest BCUT2D eigenvalue weighted by atomic mass is 9.47. The van der Waals surface area contributed by atoms with E-state index in [4.69, 9.17) is 21.1 Å². The van der Waals surface area contributed by atoms with E-state index >= 15 is 0 Å². The molecule has 4 aliphatic rings. The van der Waals surface area contributed by atoms with Crippen LogP contribution in [0.3, 0.4) is 0 Å². The van der Waals surface area contributed by atoms with Crippen LogP contribution in [0.15, 0.2) is 54.6 Å². The van der Waals surface area contributed by atoms with Gasteiger partial charge >= 0.3 is 5.97 Å². The third-order valence-corrected chi connectivity index (χ3v) is 10.2. The van der Waals surface area contributed by atoms with E-state index in [1.807, 2.05) is 19.2 Å². The molecule has 6 atom stereocenters. The fraction of sp³-hybridized carbons (Fsp3) is 0.484.